The second kappa shape index (κ2) is 2.85. The molecule has 1 aliphatic rings. The van der Waals surface area contributed by atoms with Crippen LogP contribution in [0, 0.1) is 0 Å². The van der Waals surface area contributed by atoms with Crippen LogP contribution in [0.3, 0.4) is 0 Å². The van der Waals surface area contributed by atoms with Crippen LogP contribution in [0.15, 0.2) is 30.5 Å². The van der Waals surface area contributed by atoms with Crippen LogP contribution in [0.1, 0.15) is 17.7 Å². The highest BCUT2D eigenvalue weighted by Gasteiger charge is 2.17. The fourth-order valence-corrected chi connectivity index (χ4v) is 2.82. The van der Waals surface area contributed by atoms with Gasteiger partial charge in [0.15, 0.2) is 0 Å². The van der Waals surface area contributed by atoms with E-state index >= 15 is 0 Å². The first-order chi connectivity index (χ1) is 7.93. The smallest absolute Gasteiger partial charge is 0.0531 e. The molecule has 0 atom stereocenters. The first-order valence-electron chi connectivity index (χ1n) is 5.80. The number of hydrogen-bond donors (Lipinski definition) is 1. The molecule has 1 aliphatic carbocycles. The van der Waals surface area contributed by atoms with Crippen LogP contribution in [0.2, 0.25) is 0 Å². The summed E-state index contributed by atoms with van der Waals surface area (Å²) >= 11 is 0. The number of nitrogens with one attached hydrogen (secondary N) is 1. The zero-order chi connectivity index (χ0) is 10.5. The number of H-pyrrole nitrogens is 1. The highest BCUT2D eigenvalue weighted by Crippen LogP contribution is 2.31. The minimum atomic E-state index is 1.14. The lowest BCUT2D eigenvalue weighted by Gasteiger charge is -1.99. The Hall–Kier alpha value is -1.83. The van der Waals surface area contributed by atoms with Crippen LogP contribution in [-0.4, -0.2) is 9.97 Å². The molecular weight excluding hydrogens is 196 g/mol. The summed E-state index contributed by atoms with van der Waals surface area (Å²) in [6, 6.07) is 8.46. The number of aromatic amines is 1. The zero-order valence-corrected chi connectivity index (χ0v) is 8.96. The number of benzene rings is 1. The van der Waals surface area contributed by atoms with Crippen molar-refractivity contribution in [3.63, 3.8) is 0 Å². The van der Waals surface area contributed by atoms with Gasteiger partial charge in [0.05, 0.1) is 5.52 Å². The van der Waals surface area contributed by atoms with Gasteiger partial charge in [-0.2, -0.15) is 0 Å². The molecule has 0 saturated heterocycles. The molecule has 0 amide bonds. The van der Waals surface area contributed by atoms with Gasteiger partial charge in [-0.15, -0.1) is 0 Å². The van der Waals surface area contributed by atoms with E-state index in [9.17, 15) is 0 Å². The summed E-state index contributed by atoms with van der Waals surface area (Å²) in [5, 5.41) is 2.57. The molecule has 4 rings (SSSR count). The summed E-state index contributed by atoms with van der Waals surface area (Å²) in [5.74, 6) is 0. The molecule has 2 heterocycles. The molecule has 78 valence electrons. The Balaban J connectivity index is 2.24. The zero-order valence-electron chi connectivity index (χ0n) is 8.96. The molecule has 1 N–H and O–H groups in total. The number of aryl methyl sites for hydroxylation is 2. The molecule has 2 aromatic heterocycles. The lowest BCUT2D eigenvalue weighted by atomic mass is 10.1. The van der Waals surface area contributed by atoms with Crippen LogP contribution in [-0.2, 0) is 12.8 Å². The van der Waals surface area contributed by atoms with E-state index < -0.39 is 0 Å². The highest BCUT2D eigenvalue weighted by atomic mass is 14.8. The molecular formula is C14H12N2. The van der Waals surface area contributed by atoms with Crippen molar-refractivity contribution < 1.29 is 0 Å². The minimum Gasteiger partial charge on any atom is -0.354 e. The lowest BCUT2D eigenvalue weighted by Crippen LogP contribution is -1.88. The Labute approximate surface area is 93.3 Å². The van der Waals surface area contributed by atoms with Crippen molar-refractivity contribution in [3.05, 3.63) is 41.7 Å². The fourth-order valence-electron chi connectivity index (χ4n) is 2.82. The largest absolute Gasteiger partial charge is 0.354 e. The number of pyridine rings is 1. The van der Waals surface area contributed by atoms with Crippen molar-refractivity contribution in [2.45, 2.75) is 19.3 Å². The average Bonchev–Trinajstić information content (AvgIpc) is 2.92. The Morgan fingerprint density at radius 2 is 2.00 bits per heavy atom. The van der Waals surface area contributed by atoms with Gasteiger partial charge in [0, 0.05) is 28.2 Å². The molecule has 0 spiro atoms. The Morgan fingerprint density at radius 1 is 1.06 bits per heavy atom. The van der Waals surface area contributed by atoms with Gasteiger partial charge in [0.25, 0.3) is 0 Å². The monoisotopic (exact) mass is 208 g/mol. The van der Waals surface area contributed by atoms with E-state index in [1.807, 2.05) is 6.20 Å². The van der Waals surface area contributed by atoms with Gasteiger partial charge in [0.2, 0.25) is 0 Å². The Bertz CT molecular complexity index is 694. The maximum atomic E-state index is 4.59. The summed E-state index contributed by atoms with van der Waals surface area (Å²) in [7, 11) is 0. The maximum absolute atomic E-state index is 4.59. The molecule has 16 heavy (non-hydrogen) atoms. The van der Waals surface area contributed by atoms with Crippen LogP contribution < -0.4 is 0 Å². The number of hydrogen-bond acceptors (Lipinski definition) is 1. The van der Waals surface area contributed by atoms with E-state index in [0.29, 0.717) is 0 Å². The van der Waals surface area contributed by atoms with Crippen molar-refractivity contribution in [3.8, 4) is 0 Å². The molecule has 0 aliphatic heterocycles. The third kappa shape index (κ3) is 0.941. The third-order valence-electron chi connectivity index (χ3n) is 3.59. The Kier molecular flexibility index (Phi) is 1.48. The summed E-state index contributed by atoms with van der Waals surface area (Å²) < 4.78 is 0. The lowest BCUT2D eigenvalue weighted by molar-refractivity contribution is 0.900. The predicted molar refractivity (Wildman–Crippen MR) is 65.6 cm³/mol. The minimum absolute atomic E-state index is 1.14. The normalized spacial score (nSPS) is 14.8. The van der Waals surface area contributed by atoms with Gasteiger partial charge in [-0.1, -0.05) is 18.2 Å². The summed E-state index contributed by atoms with van der Waals surface area (Å²) in [6.45, 7) is 0. The summed E-state index contributed by atoms with van der Waals surface area (Å²) in [6.07, 6.45) is 5.59. The van der Waals surface area contributed by atoms with Gasteiger partial charge in [-0.25, -0.2) is 0 Å². The number of rotatable bonds is 0. The predicted octanol–water partition coefficient (Wildman–Crippen LogP) is 3.20. The van der Waals surface area contributed by atoms with Crippen LogP contribution >= 0.6 is 0 Å². The van der Waals surface area contributed by atoms with Crippen LogP contribution in [0.4, 0.5) is 0 Å². The molecule has 0 radical (unpaired) electrons. The SMILES string of the molecule is c1ccc2c(c1)[nH]c1c3c(ncc12)CCC3. The standard InChI is InChI=1S/C14H12N2/c1-2-6-13-9(4-1)11-8-15-12-7-3-5-10(12)14(11)16-13/h1-2,4,6,8,16H,3,5,7H2. The molecule has 1 aromatic carbocycles. The molecule has 0 unspecified atom stereocenters. The van der Waals surface area contributed by atoms with Crippen LogP contribution in [0.5, 0.6) is 0 Å². The van der Waals surface area contributed by atoms with Gasteiger partial charge in [-0.3, -0.25) is 4.98 Å². The average molecular weight is 208 g/mol. The van der Waals surface area contributed by atoms with Gasteiger partial charge in [0.1, 0.15) is 0 Å². The Morgan fingerprint density at radius 3 is 3.00 bits per heavy atom. The molecule has 0 saturated carbocycles. The highest BCUT2D eigenvalue weighted by molar-refractivity contribution is 6.08. The van der Waals surface area contributed by atoms with E-state index in [-0.39, 0.29) is 0 Å². The van der Waals surface area contributed by atoms with Crippen molar-refractivity contribution >= 4 is 21.8 Å². The first kappa shape index (κ1) is 8.34. The summed E-state index contributed by atoms with van der Waals surface area (Å²) in [4.78, 5) is 8.13. The number of nitrogens with zero attached hydrogens (tertiary/aromatic N) is 1. The summed E-state index contributed by atoms with van der Waals surface area (Å²) in [5.41, 5.74) is 5.26. The van der Waals surface area contributed by atoms with Gasteiger partial charge in [-0.05, 0) is 30.9 Å². The number of fused-ring (bicyclic) bond motifs is 5. The van der Waals surface area contributed by atoms with Crippen molar-refractivity contribution in [2.75, 3.05) is 0 Å². The van der Waals surface area contributed by atoms with E-state index in [1.54, 1.807) is 0 Å². The van der Waals surface area contributed by atoms with Gasteiger partial charge >= 0.3 is 0 Å². The van der Waals surface area contributed by atoms with Crippen molar-refractivity contribution in [2.24, 2.45) is 0 Å². The van der Waals surface area contributed by atoms with Crippen LogP contribution in [0.25, 0.3) is 21.8 Å². The fraction of sp³-hybridized carbons (Fsp3) is 0.214. The van der Waals surface area contributed by atoms with E-state index in [4.69, 9.17) is 0 Å². The van der Waals surface area contributed by atoms with E-state index in [0.717, 1.165) is 6.42 Å². The number of para-hydroxylation sites is 1. The third-order valence-corrected chi connectivity index (χ3v) is 3.59. The van der Waals surface area contributed by atoms with Crippen molar-refractivity contribution in [1.29, 1.82) is 0 Å². The molecule has 0 bridgehead atoms. The first-order valence-corrected chi connectivity index (χ1v) is 5.80. The maximum Gasteiger partial charge on any atom is 0.0531 e. The second-order valence-corrected chi connectivity index (χ2v) is 4.50. The molecule has 0 fully saturated rings. The van der Waals surface area contributed by atoms with E-state index in [1.165, 1.54) is 45.9 Å². The quantitative estimate of drug-likeness (QED) is 0.603. The van der Waals surface area contributed by atoms with Crippen molar-refractivity contribution in [1.82, 2.24) is 9.97 Å². The van der Waals surface area contributed by atoms with E-state index in [2.05, 4.69) is 34.2 Å². The molecule has 2 nitrogen and oxygen atoms in total. The topological polar surface area (TPSA) is 28.7 Å². The molecule has 3 aromatic rings. The number of aromatic nitrogens is 2. The second-order valence-electron chi connectivity index (χ2n) is 4.50. The molecule has 2 heteroatoms. The van der Waals surface area contributed by atoms with Gasteiger partial charge < -0.3 is 4.98 Å².